The first kappa shape index (κ1) is 10.8. The molecule has 4 nitrogen and oxygen atoms in total. The van der Waals surface area contributed by atoms with Gasteiger partial charge in [-0.15, -0.1) is 0 Å². The number of nitrogens with one attached hydrogen (secondary N) is 2. The van der Waals surface area contributed by atoms with E-state index in [0.717, 1.165) is 11.3 Å². The maximum absolute atomic E-state index is 6.07. The number of aromatic nitrogens is 2. The lowest BCUT2D eigenvalue weighted by Gasteiger charge is -2.16. The highest BCUT2D eigenvalue weighted by molar-refractivity contribution is 6.33. The lowest BCUT2D eigenvalue weighted by atomic mass is 10.1. The van der Waals surface area contributed by atoms with Crippen LogP contribution in [0.4, 0.5) is 11.4 Å². The summed E-state index contributed by atoms with van der Waals surface area (Å²) in [7, 11) is 0. The van der Waals surface area contributed by atoms with E-state index in [-0.39, 0.29) is 6.04 Å². The Bertz CT molecular complexity index is 447. The van der Waals surface area contributed by atoms with Crippen LogP contribution in [0.5, 0.6) is 0 Å². The Balaban J connectivity index is 2.21. The number of nitrogen functional groups attached to an aromatic ring is 1. The van der Waals surface area contributed by atoms with Gasteiger partial charge in [-0.1, -0.05) is 17.7 Å². The molecule has 1 heterocycles. The minimum atomic E-state index is 0.0981. The quantitative estimate of drug-likeness (QED) is 0.718. The summed E-state index contributed by atoms with van der Waals surface area (Å²) < 4.78 is 0. The van der Waals surface area contributed by atoms with Gasteiger partial charge in [-0.2, -0.15) is 5.10 Å². The van der Waals surface area contributed by atoms with Gasteiger partial charge in [0, 0.05) is 11.8 Å². The molecule has 84 valence electrons. The molecule has 0 amide bonds. The lowest BCUT2D eigenvalue weighted by molar-refractivity contribution is 0.887. The van der Waals surface area contributed by atoms with Crippen LogP contribution in [0.2, 0.25) is 5.02 Å². The summed E-state index contributed by atoms with van der Waals surface area (Å²) in [5, 5.41) is 10.6. The van der Waals surface area contributed by atoms with Crippen molar-refractivity contribution in [1.82, 2.24) is 10.2 Å². The Morgan fingerprint density at radius 1 is 1.50 bits per heavy atom. The molecule has 0 saturated carbocycles. The zero-order valence-electron chi connectivity index (χ0n) is 8.87. The number of benzene rings is 1. The molecule has 0 bridgehead atoms. The van der Waals surface area contributed by atoms with Crippen molar-refractivity contribution >= 4 is 23.0 Å². The fraction of sp³-hybridized carbons (Fsp3) is 0.182. The Morgan fingerprint density at radius 3 is 2.94 bits per heavy atom. The molecule has 0 saturated heterocycles. The van der Waals surface area contributed by atoms with Gasteiger partial charge in [-0.05, 0) is 19.1 Å². The number of hydrogen-bond acceptors (Lipinski definition) is 3. The van der Waals surface area contributed by atoms with Crippen molar-refractivity contribution in [2.24, 2.45) is 0 Å². The molecule has 2 rings (SSSR count). The van der Waals surface area contributed by atoms with Gasteiger partial charge in [0.1, 0.15) is 0 Å². The van der Waals surface area contributed by atoms with Crippen molar-refractivity contribution in [3.05, 3.63) is 41.2 Å². The third-order valence-corrected chi connectivity index (χ3v) is 2.74. The Labute approximate surface area is 98.8 Å². The highest BCUT2D eigenvalue weighted by Gasteiger charge is 2.10. The summed E-state index contributed by atoms with van der Waals surface area (Å²) in [6.07, 6.45) is 3.61. The second-order valence-corrected chi connectivity index (χ2v) is 4.01. The number of aromatic amines is 1. The Hall–Kier alpha value is -1.68. The van der Waals surface area contributed by atoms with Crippen LogP contribution in [0.15, 0.2) is 30.6 Å². The van der Waals surface area contributed by atoms with Gasteiger partial charge in [0.25, 0.3) is 0 Å². The first-order valence-electron chi connectivity index (χ1n) is 4.97. The van der Waals surface area contributed by atoms with Crippen molar-refractivity contribution in [3.8, 4) is 0 Å². The van der Waals surface area contributed by atoms with Gasteiger partial charge in [0.2, 0.25) is 0 Å². The van der Waals surface area contributed by atoms with Gasteiger partial charge in [0.15, 0.2) is 0 Å². The summed E-state index contributed by atoms with van der Waals surface area (Å²) in [6, 6.07) is 5.55. The molecular formula is C11H13ClN4. The zero-order chi connectivity index (χ0) is 11.5. The summed E-state index contributed by atoms with van der Waals surface area (Å²) >= 11 is 6.07. The van der Waals surface area contributed by atoms with E-state index in [0.29, 0.717) is 10.7 Å². The zero-order valence-corrected chi connectivity index (χ0v) is 9.62. The minimum Gasteiger partial charge on any atom is -0.397 e. The van der Waals surface area contributed by atoms with Crippen LogP contribution < -0.4 is 11.1 Å². The number of nitrogens with zero attached hydrogens (tertiary/aromatic N) is 1. The van der Waals surface area contributed by atoms with Gasteiger partial charge >= 0.3 is 0 Å². The summed E-state index contributed by atoms with van der Waals surface area (Å²) in [6.45, 7) is 2.02. The topological polar surface area (TPSA) is 66.7 Å². The fourth-order valence-corrected chi connectivity index (χ4v) is 1.73. The van der Waals surface area contributed by atoms with E-state index in [2.05, 4.69) is 15.5 Å². The smallest absolute Gasteiger partial charge is 0.0767 e. The standard InChI is InChI=1S/C11H13ClN4/c1-7(8-5-14-15-6-8)16-11-9(12)3-2-4-10(11)13/h2-7,16H,13H2,1H3,(H,14,15). The van der Waals surface area contributed by atoms with Crippen LogP contribution in [0.1, 0.15) is 18.5 Å². The summed E-state index contributed by atoms with van der Waals surface area (Å²) in [5.74, 6) is 0. The van der Waals surface area contributed by atoms with E-state index in [1.807, 2.05) is 31.3 Å². The molecule has 0 aliphatic heterocycles. The average Bonchev–Trinajstić information content (AvgIpc) is 2.76. The van der Waals surface area contributed by atoms with Crippen molar-refractivity contribution in [2.45, 2.75) is 13.0 Å². The van der Waals surface area contributed by atoms with E-state index in [1.54, 1.807) is 6.20 Å². The molecule has 1 atom stereocenters. The summed E-state index contributed by atoms with van der Waals surface area (Å²) in [5.41, 5.74) is 8.31. The predicted molar refractivity (Wildman–Crippen MR) is 66.5 cm³/mol. The van der Waals surface area contributed by atoms with Crippen LogP contribution >= 0.6 is 11.6 Å². The highest BCUT2D eigenvalue weighted by Crippen LogP contribution is 2.30. The molecule has 2 aromatic rings. The van der Waals surface area contributed by atoms with Gasteiger partial charge < -0.3 is 11.1 Å². The molecule has 0 spiro atoms. The molecule has 1 aromatic carbocycles. The van der Waals surface area contributed by atoms with Crippen molar-refractivity contribution in [1.29, 1.82) is 0 Å². The minimum absolute atomic E-state index is 0.0981. The van der Waals surface area contributed by atoms with Gasteiger partial charge in [-0.3, -0.25) is 5.10 Å². The van der Waals surface area contributed by atoms with Crippen LogP contribution in [-0.2, 0) is 0 Å². The van der Waals surface area contributed by atoms with Gasteiger partial charge in [0.05, 0.1) is 28.6 Å². The fourth-order valence-electron chi connectivity index (χ4n) is 1.49. The highest BCUT2D eigenvalue weighted by atomic mass is 35.5. The number of rotatable bonds is 3. The number of halogens is 1. The second-order valence-electron chi connectivity index (χ2n) is 3.60. The lowest BCUT2D eigenvalue weighted by Crippen LogP contribution is -2.08. The third kappa shape index (κ3) is 2.12. The van der Waals surface area contributed by atoms with Crippen LogP contribution in [0, 0.1) is 0 Å². The number of para-hydroxylation sites is 1. The average molecular weight is 237 g/mol. The third-order valence-electron chi connectivity index (χ3n) is 2.43. The van der Waals surface area contributed by atoms with E-state index in [1.165, 1.54) is 0 Å². The molecule has 1 unspecified atom stereocenters. The number of nitrogens with two attached hydrogens (primary N) is 1. The van der Waals surface area contributed by atoms with E-state index >= 15 is 0 Å². The van der Waals surface area contributed by atoms with Crippen LogP contribution in [0.3, 0.4) is 0 Å². The molecule has 4 N–H and O–H groups in total. The number of hydrogen-bond donors (Lipinski definition) is 3. The molecule has 16 heavy (non-hydrogen) atoms. The Kier molecular flexibility index (Phi) is 3.01. The number of H-pyrrole nitrogens is 1. The summed E-state index contributed by atoms with van der Waals surface area (Å²) in [4.78, 5) is 0. The first-order chi connectivity index (χ1) is 7.68. The largest absolute Gasteiger partial charge is 0.397 e. The van der Waals surface area contributed by atoms with Crippen LogP contribution in [0.25, 0.3) is 0 Å². The normalized spacial score (nSPS) is 12.4. The maximum atomic E-state index is 6.07. The first-order valence-corrected chi connectivity index (χ1v) is 5.35. The molecule has 0 radical (unpaired) electrons. The molecule has 0 fully saturated rings. The van der Waals surface area contributed by atoms with Crippen molar-refractivity contribution in [3.63, 3.8) is 0 Å². The van der Waals surface area contributed by atoms with E-state index in [4.69, 9.17) is 17.3 Å². The SMILES string of the molecule is CC(Nc1c(N)cccc1Cl)c1cn[nH]c1. The van der Waals surface area contributed by atoms with Crippen molar-refractivity contribution < 1.29 is 0 Å². The van der Waals surface area contributed by atoms with Gasteiger partial charge in [-0.25, -0.2) is 0 Å². The molecule has 0 aliphatic rings. The second kappa shape index (κ2) is 4.45. The maximum Gasteiger partial charge on any atom is 0.0767 e. The van der Waals surface area contributed by atoms with Crippen LogP contribution in [-0.4, -0.2) is 10.2 Å². The molecular weight excluding hydrogens is 224 g/mol. The number of anilines is 2. The van der Waals surface area contributed by atoms with Crippen molar-refractivity contribution in [2.75, 3.05) is 11.1 Å². The predicted octanol–water partition coefficient (Wildman–Crippen LogP) is 2.82. The molecule has 1 aromatic heterocycles. The monoisotopic (exact) mass is 236 g/mol. The van der Waals surface area contributed by atoms with E-state index in [9.17, 15) is 0 Å². The Morgan fingerprint density at radius 2 is 2.31 bits per heavy atom. The molecule has 0 aliphatic carbocycles. The van der Waals surface area contributed by atoms with E-state index < -0.39 is 0 Å². The molecule has 5 heteroatoms.